The van der Waals surface area contributed by atoms with Crippen LogP contribution < -0.4 is 10.1 Å². The molecule has 106 valence electrons. The van der Waals surface area contributed by atoms with Crippen molar-refractivity contribution >= 4 is 0 Å². The Balaban J connectivity index is 2.60. The lowest BCUT2D eigenvalue weighted by Crippen LogP contribution is -2.19. The van der Waals surface area contributed by atoms with Crippen molar-refractivity contribution in [3.05, 3.63) is 41.5 Å². The van der Waals surface area contributed by atoms with Crippen LogP contribution in [0.4, 0.5) is 0 Å². The van der Waals surface area contributed by atoms with Gasteiger partial charge in [-0.25, -0.2) is 0 Å². The second-order valence-corrected chi connectivity index (χ2v) is 4.67. The molecule has 19 heavy (non-hydrogen) atoms. The molecule has 1 rings (SSSR count). The highest BCUT2D eigenvalue weighted by Crippen LogP contribution is 2.20. The summed E-state index contributed by atoms with van der Waals surface area (Å²) in [6, 6.07) is 6.26. The predicted octanol–water partition coefficient (Wildman–Crippen LogP) is 3.08. The maximum atomic E-state index is 5.83. The number of hydrogen-bond acceptors (Lipinski definition) is 3. The van der Waals surface area contributed by atoms with Crippen molar-refractivity contribution in [1.29, 1.82) is 0 Å². The van der Waals surface area contributed by atoms with Crippen LogP contribution in [0, 0.1) is 6.92 Å². The third kappa shape index (κ3) is 5.90. The van der Waals surface area contributed by atoms with Gasteiger partial charge in [-0.1, -0.05) is 31.2 Å². The summed E-state index contributed by atoms with van der Waals surface area (Å²) in [5.74, 6) is 0.935. The fourth-order valence-electron chi connectivity index (χ4n) is 1.67. The number of rotatable bonds is 9. The predicted molar refractivity (Wildman–Crippen MR) is 79.7 cm³/mol. The van der Waals surface area contributed by atoms with Gasteiger partial charge >= 0.3 is 0 Å². The molecule has 0 spiro atoms. The van der Waals surface area contributed by atoms with Crippen LogP contribution in [0.1, 0.15) is 24.5 Å². The van der Waals surface area contributed by atoms with Crippen LogP contribution in [0.25, 0.3) is 0 Å². The standard InChI is InChI=1S/C16H25NO2/c1-5-13(2)12-19-16-7-6-14(3)10-15(16)11-17-8-9-18-4/h6-7,10,17H,2,5,8-9,11-12H2,1,3-4H3. The van der Waals surface area contributed by atoms with Crippen LogP contribution in [-0.2, 0) is 11.3 Å². The molecule has 0 unspecified atom stereocenters. The molecule has 1 aromatic rings. The number of hydrogen-bond donors (Lipinski definition) is 1. The second-order valence-electron chi connectivity index (χ2n) is 4.67. The molecular formula is C16H25NO2. The zero-order chi connectivity index (χ0) is 14.1. The van der Waals surface area contributed by atoms with Crippen LogP contribution in [0.5, 0.6) is 5.75 Å². The van der Waals surface area contributed by atoms with Crippen molar-refractivity contribution < 1.29 is 9.47 Å². The minimum atomic E-state index is 0.588. The summed E-state index contributed by atoms with van der Waals surface area (Å²) in [7, 11) is 1.71. The van der Waals surface area contributed by atoms with Gasteiger partial charge in [0.25, 0.3) is 0 Å². The molecule has 1 N–H and O–H groups in total. The summed E-state index contributed by atoms with van der Waals surface area (Å²) in [5, 5.41) is 3.34. The van der Waals surface area contributed by atoms with E-state index in [-0.39, 0.29) is 0 Å². The molecule has 3 heteroatoms. The summed E-state index contributed by atoms with van der Waals surface area (Å²) in [6.45, 7) is 11.1. The largest absolute Gasteiger partial charge is 0.489 e. The molecular weight excluding hydrogens is 238 g/mol. The van der Waals surface area contributed by atoms with E-state index in [1.165, 1.54) is 11.1 Å². The Hall–Kier alpha value is -1.32. The van der Waals surface area contributed by atoms with Crippen molar-refractivity contribution in [3.8, 4) is 5.75 Å². The Bertz CT molecular complexity index is 402. The molecule has 0 aliphatic rings. The SMILES string of the molecule is C=C(CC)COc1ccc(C)cc1CNCCOC. The number of methoxy groups -OCH3 is 1. The molecule has 0 atom stereocenters. The van der Waals surface area contributed by atoms with Gasteiger partial charge < -0.3 is 14.8 Å². The average Bonchev–Trinajstić information content (AvgIpc) is 2.42. The Morgan fingerprint density at radius 3 is 2.84 bits per heavy atom. The molecule has 0 aliphatic heterocycles. The molecule has 0 aliphatic carbocycles. The van der Waals surface area contributed by atoms with E-state index < -0.39 is 0 Å². The van der Waals surface area contributed by atoms with Gasteiger partial charge in [0, 0.05) is 25.8 Å². The summed E-state index contributed by atoms with van der Waals surface area (Å²) < 4.78 is 10.9. The van der Waals surface area contributed by atoms with Gasteiger partial charge in [-0.2, -0.15) is 0 Å². The number of benzene rings is 1. The molecule has 0 bridgehead atoms. The first-order chi connectivity index (χ1) is 9.17. The molecule has 0 amide bonds. The molecule has 0 saturated heterocycles. The van der Waals surface area contributed by atoms with Gasteiger partial charge in [0.05, 0.1) is 6.61 Å². The van der Waals surface area contributed by atoms with Crippen molar-refractivity contribution in [2.24, 2.45) is 0 Å². The summed E-state index contributed by atoms with van der Waals surface area (Å²) >= 11 is 0. The highest BCUT2D eigenvalue weighted by Gasteiger charge is 2.04. The van der Waals surface area contributed by atoms with E-state index in [2.05, 4.69) is 37.9 Å². The Morgan fingerprint density at radius 2 is 2.16 bits per heavy atom. The van der Waals surface area contributed by atoms with E-state index >= 15 is 0 Å². The number of aryl methyl sites for hydroxylation is 1. The van der Waals surface area contributed by atoms with E-state index in [1.54, 1.807) is 7.11 Å². The van der Waals surface area contributed by atoms with Crippen LogP contribution in [-0.4, -0.2) is 26.9 Å². The van der Waals surface area contributed by atoms with Crippen molar-refractivity contribution in [2.45, 2.75) is 26.8 Å². The van der Waals surface area contributed by atoms with Crippen LogP contribution >= 0.6 is 0 Å². The molecule has 3 nitrogen and oxygen atoms in total. The first-order valence-electron chi connectivity index (χ1n) is 6.76. The maximum Gasteiger partial charge on any atom is 0.124 e. The molecule has 0 aromatic heterocycles. The minimum Gasteiger partial charge on any atom is -0.489 e. The van der Waals surface area contributed by atoms with E-state index in [4.69, 9.17) is 9.47 Å². The minimum absolute atomic E-state index is 0.588. The highest BCUT2D eigenvalue weighted by molar-refractivity contribution is 5.37. The van der Waals surface area contributed by atoms with Crippen molar-refractivity contribution in [3.63, 3.8) is 0 Å². The van der Waals surface area contributed by atoms with E-state index in [0.717, 1.165) is 30.8 Å². The molecule has 0 heterocycles. The van der Waals surface area contributed by atoms with Crippen LogP contribution in [0.3, 0.4) is 0 Å². The average molecular weight is 263 g/mol. The molecule has 0 fully saturated rings. The maximum absolute atomic E-state index is 5.83. The van der Waals surface area contributed by atoms with E-state index in [9.17, 15) is 0 Å². The third-order valence-electron chi connectivity index (χ3n) is 2.95. The zero-order valence-electron chi connectivity index (χ0n) is 12.3. The summed E-state index contributed by atoms with van der Waals surface area (Å²) in [5.41, 5.74) is 3.53. The molecule has 0 saturated carbocycles. The van der Waals surface area contributed by atoms with Gasteiger partial charge in [0.15, 0.2) is 0 Å². The van der Waals surface area contributed by atoms with E-state index in [1.807, 2.05) is 6.07 Å². The van der Waals surface area contributed by atoms with Gasteiger partial charge in [-0.3, -0.25) is 0 Å². The normalized spacial score (nSPS) is 10.5. The van der Waals surface area contributed by atoms with Crippen molar-refractivity contribution in [2.75, 3.05) is 26.9 Å². The molecule has 1 aromatic carbocycles. The van der Waals surface area contributed by atoms with Gasteiger partial charge in [-0.05, 0) is 25.0 Å². The van der Waals surface area contributed by atoms with Crippen LogP contribution in [0.2, 0.25) is 0 Å². The lowest BCUT2D eigenvalue weighted by atomic mass is 10.1. The lowest BCUT2D eigenvalue weighted by molar-refractivity contribution is 0.199. The fourth-order valence-corrected chi connectivity index (χ4v) is 1.67. The van der Waals surface area contributed by atoms with E-state index in [0.29, 0.717) is 13.2 Å². The summed E-state index contributed by atoms with van der Waals surface area (Å²) in [6.07, 6.45) is 0.952. The molecule has 0 radical (unpaired) electrons. The summed E-state index contributed by atoms with van der Waals surface area (Å²) in [4.78, 5) is 0. The van der Waals surface area contributed by atoms with Crippen molar-refractivity contribution in [1.82, 2.24) is 5.32 Å². The fraction of sp³-hybridized carbons (Fsp3) is 0.500. The highest BCUT2D eigenvalue weighted by atomic mass is 16.5. The first kappa shape index (κ1) is 15.7. The van der Waals surface area contributed by atoms with Gasteiger partial charge in [0.2, 0.25) is 0 Å². The first-order valence-corrected chi connectivity index (χ1v) is 6.76. The Kier molecular flexibility index (Phi) is 7.23. The zero-order valence-corrected chi connectivity index (χ0v) is 12.3. The second kappa shape index (κ2) is 8.73. The topological polar surface area (TPSA) is 30.5 Å². The van der Waals surface area contributed by atoms with Gasteiger partial charge in [0.1, 0.15) is 12.4 Å². The third-order valence-corrected chi connectivity index (χ3v) is 2.95. The van der Waals surface area contributed by atoms with Gasteiger partial charge in [-0.15, -0.1) is 0 Å². The Labute approximate surface area is 116 Å². The Morgan fingerprint density at radius 1 is 1.37 bits per heavy atom. The lowest BCUT2D eigenvalue weighted by Gasteiger charge is -2.13. The van der Waals surface area contributed by atoms with Crippen LogP contribution in [0.15, 0.2) is 30.4 Å². The number of nitrogens with one attached hydrogen (secondary N) is 1. The smallest absolute Gasteiger partial charge is 0.124 e. The monoisotopic (exact) mass is 263 g/mol. The number of ether oxygens (including phenoxy) is 2. The quantitative estimate of drug-likeness (QED) is 0.548.